The zero-order chi connectivity index (χ0) is 12.9. The topological polar surface area (TPSA) is 12.0 Å². The van der Waals surface area contributed by atoms with Crippen LogP contribution in [0.2, 0.25) is 0 Å². The standard InChI is InChI=1S/C11H13BrF3NS/c1-8(9-2-4-10(12)5-3-9)16-6-7-17-11(13,14)15/h2-5,8,16H,6-7H2,1H3/t8-/m1/s1. The molecule has 0 aliphatic heterocycles. The molecule has 0 saturated carbocycles. The minimum Gasteiger partial charge on any atom is -0.309 e. The second-order valence-electron chi connectivity index (χ2n) is 3.52. The third-order valence-corrected chi connectivity index (χ3v) is 3.45. The molecule has 1 aromatic carbocycles. The van der Waals surface area contributed by atoms with Gasteiger partial charge in [-0.3, -0.25) is 0 Å². The minimum absolute atomic E-state index is 0.00319. The fourth-order valence-electron chi connectivity index (χ4n) is 1.31. The van der Waals surface area contributed by atoms with Crippen LogP contribution in [0.25, 0.3) is 0 Å². The fraction of sp³-hybridized carbons (Fsp3) is 0.455. The molecule has 0 aliphatic carbocycles. The van der Waals surface area contributed by atoms with E-state index in [1.165, 1.54) is 0 Å². The smallest absolute Gasteiger partial charge is 0.309 e. The second kappa shape index (κ2) is 6.66. The van der Waals surface area contributed by atoms with Gasteiger partial charge in [0.1, 0.15) is 0 Å². The van der Waals surface area contributed by atoms with Gasteiger partial charge < -0.3 is 5.32 Å². The lowest BCUT2D eigenvalue weighted by atomic mass is 10.1. The van der Waals surface area contributed by atoms with Crippen molar-refractivity contribution in [2.45, 2.75) is 18.5 Å². The molecular weight excluding hydrogens is 315 g/mol. The maximum atomic E-state index is 11.9. The van der Waals surface area contributed by atoms with Crippen molar-refractivity contribution in [2.24, 2.45) is 0 Å². The first-order chi connectivity index (χ1) is 7.88. The molecule has 96 valence electrons. The van der Waals surface area contributed by atoms with Crippen molar-refractivity contribution in [1.82, 2.24) is 5.32 Å². The summed E-state index contributed by atoms with van der Waals surface area (Å²) in [7, 11) is 0. The molecule has 1 nitrogen and oxygen atoms in total. The number of rotatable bonds is 5. The average molecular weight is 328 g/mol. The van der Waals surface area contributed by atoms with Gasteiger partial charge in [0.2, 0.25) is 0 Å². The van der Waals surface area contributed by atoms with Gasteiger partial charge in [-0.15, -0.1) is 0 Å². The van der Waals surface area contributed by atoms with Crippen LogP contribution in [-0.4, -0.2) is 17.8 Å². The van der Waals surface area contributed by atoms with E-state index in [-0.39, 0.29) is 23.6 Å². The van der Waals surface area contributed by atoms with Gasteiger partial charge in [-0.05, 0) is 36.4 Å². The molecule has 0 bridgehead atoms. The van der Waals surface area contributed by atoms with E-state index in [9.17, 15) is 13.2 Å². The SMILES string of the molecule is C[C@@H](NCCSC(F)(F)F)c1ccc(Br)cc1. The summed E-state index contributed by atoms with van der Waals surface area (Å²) < 4.78 is 36.6. The Balaban J connectivity index is 2.30. The Morgan fingerprint density at radius 1 is 1.29 bits per heavy atom. The maximum absolute atomic E-state index is 11.9. The Morgan fingerprint density at radius 2 is 1.88 bits per heavy atom. The van der Waals surface area contributed by atoms with Gasteiger partial charge in [-0.2, -0.15) is 13.2 Å². The molecule has 1 rings (SSSR count). The van der Waals surface area contributed by atoms with Gasteiger partial charge in [0.15, 0.2) is 0 Å². The maximum Gasteiger partial charge on any atom is 0.441 e. The summed E-state index contributed by atoms with van der Waals surface area (Å²) in [5, 5.41) is 3.05. The number of benzene rings is 1. The van der Waals surface area contributed by atoms with Gasteiger partial charge in [-0.1, -0.05) is 28.1 Å². The third-order valence-electron chi connectivity index (χ3n) is 2.19. The molecule has 1 aromatic rings. The zero-order valence-corrected chi connectivity index (χ0v) is 11.6. The number of hydrogen-bond acceptors (Lipinski definition) is 2. The first-order valence-corrected chi connectivity index (χ1v) is 6.86. The Kier molecular flexibility index (Phi) is 5.82. The minimum atomic E-state index is -4.14. The number of hydrogen-bond donors (Lipinski definition) is 1. The average Bonchev–Trinajstić information content (AvgIpc) is 2.24. The zero-order valence-electron chi connectivity index (χ0n) is 9.22. The summed E-state index contributed by atoms with van der Waals surface area (Å²) in [6.07, 6.45) is 0. The van der Waals surface area contributed by atoms with Crippen molar-refractivity contribution < 1.29 is 13.2 Å². The Hall–Kier alpha value is -0.200. The fourth-order valence-corrected chi connectivity index (χ4v) is 2.03. The largest absolute Gasteiger partial charge is 0.441 e. The number of halogens is 4. The van der Waals surface area contributed by atoms with Crippen molar-refractivity contribution in [3.8, 4) is 0 Å². The van der Waals surface area contributed by atoms with Crippen molar-refractivity contribution >= 4 is 27.7 Å². The van der Waals surface area contributed by atoms with Crippen LogP contribution < -0.4 is 5.32 Å². The predicted molar refractivity (Wildman–Crippen MR) is 69.1 cm³/mol. The summed E-state index contributed by atoms with van der Waals surface area (Å²) in [6, 6.07) is 7.77. The van der Waals surface area contributed by atoms with Crippen LogP contribution in [0.1, 0.15) is 18.5 Å². The van der Waals surface area contributed by atoms with Gasteiger partial charge in [0.25, 0.3) is 0 Å². The van der Waals surface area contributed by atoms with Crippen molar-refractivity contribution in [1.29, 1.82) is 0 Å². The van der Waals surface area contributed by atoms with E-state index < -0.39 is 5.51 Å². The van der Waals surface area contributed by atoms with E-state index in [4.69, 9.17) is 0 Å². The first kappa shape index (κ1) is 14.9. The van der Waals surface area contributed by atoms with E-state index >= 15 is 0 Å². The van der Waals surface area contributed by atoms with Crippen molar-refractivity contribution in [2.75, 3.05) is 12.3 Å². The molecule has 1 atom stereocenters. The summed E-state index contributed by atoms with van der Waals surface area (Å²) >= 11 is 3.33. The number of thioether (sulfide) groups is 1. The second-order valence-corrected chi connectivity index (χ2v) is 5.60. The molecule has 0 unspecified atom stereocenters. The molecule has 0 radical (unpaired) electrons. The highest BCUT2D eigenvalue weighted by Crippen LogP contribution is 2.29. The Bertz CT molecular complexity index is 340. The van der Waals surface area contributed by atoms with Crippen LogP contribution in [0.15, 0.2) is 28.7 Å². The summed E-state index contributed by atoms with van der Waals surface area (Å²) in [5.41, 5.74) is -3.08. The molecule has 6 heteroatoms. The lowest BCUT2D eigenvalue weighted by Crippen LogP contribution is -2.22. The lowest BCUT2D eigenvalue weighted by Gasteiger charge is -2.14. The van der Waals surface area contributed by atoms with Crippen LogP contribution >= 0.6 is 27.7 Å². The van der Waals surface area contributed by atoms with Gasteiger partial charge in [0.05, 0.1) is 0 Å². The Labute approximate surface area is 111 Å². The summed E-state index contributed by atoms with van der Waals surface area (Å²) in [6.45, 7) is 2.27. The quantitative estimate of drug-likeness (QED) is 0.807. The highest BCUT2D eigenvalue weighted by molar-refractivity contribution is 9.10. The van der Waals surface area contributed by atoms with E-state index in [0.29, 0.717) is 6.54 Å². The molecule has 17 heavy (non-hydrogen) atoms. The van der Waals surface area contributed by atoms with E-state index in [0.717, 1.165) is 10.0 Å². The third kappa shape index (κ3) is 6.33. The number of alkyl halides is 3. The molecule has 0 amide bonds. The van der Waals surface area contributed by atoms with Crippen LogP contribution in [0.5, 0.6) is 0 Å². The molecular formula is C11H13BrF3NS. The van der Waals surface area contributed by atoms with E-state index in [2.05, 4.69) is 21.2 Å². The van der Waals surface area contributed by atoms with Gasteiger partial charge in [0, 0.05) is 22.8 Å². The molecule has 0 fully saturated rings. The molecule has 1 N–H and O–H groups in total. The Morgan fingerprint density at radius 3 is 2.41 bits per heavy atom. The van der Waals surface area contributed by atoms with Gasteiger partial charge >= 0.3 is 5.51 Å². The van der Waals surface area contributed by atoms with E-state index in [1.807, 2.05) is 31.2 Å². The van der Waals surface area contributed by atoms with E-state index in [1.54, 1.807) is 0 Å². The van der Waals surface area contributed by atoms with Gasteiger partial charge in [-0.25, -0.2) is 0 Å². The lowest BCUT2D eigenvalue weighted by molar-refractivity contribution is -0.0327. The molecule has 0 aromatic heterocycles. The molecule has 0 spiro atoms. The van der Waals surface area contributed by atoms with Crippen LogP contribution in [0, 0.1) is 0 Å². The molecule has 0 saturated heterocycles. The highest BCUT2D eigenvalue weighted by atomic mass is 79.9. The van der Waals surface area contributed by atoms with Crippen molar-refractivity contribution in [3.63, 3.8) is 0 Å². The normalized spacial score (nSPS) is 13.7. The highest BCUT2D eigenvalue weighted by Gasteiger charge is 2.27. The molecule has 0 aliphatic rings. The summed E-state index contributed by atoms with van der Waals surface area (Å²) in [4.78, 5) is 0. The summed E-state index contributed by atoms with van der Waals surface area (Å²) in [5.74, 6) is 0.0321. The first-order valence-electron chi connectivity index (χ1n) is 5.08. The molecule has 0 heterocycles. The monoisotopic (exact) mass is 327 g/mol. The predicted octanol–water partition coefficient (Wildman–Crippen LogP) is 4.35. The number of nitrogens with one attached hydrogen (secondary N) is 1. The van der Waals surface area contributed by atoms with Crippen LogP contribution in [-0.2, 0) is 0 Å². The van der Waals surface area contributed by atoms with Crippen LogP contribution in [0.4, 0.5) is 13.2 Å². The van der Waals surface area contributed by atoms with Crippen LogP contribution in [0.3, 0.4) is 0 Å². The van der Waals surface area contributed by atoms with Crippen molar-refractivity contribution in [3.05, 3.63) is 34.3 Å².